The number of benzene rings is 2. The van der Waals surface area contributed by atoms with Gasteiger partial charge in [0.1, 0.15) is 12.4 Å². The molecule has 2 rings (SSSR count). The van der Waals surface area contributed by atoms with Crippen LogP contribution >= 0.6 is 23.2 Å². The number of nitrogens with one attached hydrogen (secondary N) is 1. The lowest BCUT2D eigenvalue weighted by atomic mass is 9.98. The molecule has 204 valence electrons. The maximum atomic E-state index is 13.2. The number of carboxylic acid groups (broad SMARTS) is 1. The molecule has 0 aliphatic rings. The van der Waals surface area contributed by atoms with Gasteiger partial charge in [-0.15, -0.1) is 0 Å². The van der Waals surface area contributed by atoms with Crippen molar-refractivity contribution in [2.45, 2.75) is 59.0 Å². The average molecular weight is 554 g/mol. The first-order valence-corrected chi connectivity index (χ1v) is 13.6. The molecule has 0 saturated carbocycles. The normalized spacial score (nSPS) is 11.8. The molecular weight excluding hydrogens is 515 g/mol. The molecule has 37 heavy (non-hydrogen) atoms. The number of hydrogen-bond acceptors (Lipinski definition) is 4. The molecular formula is C28H38Cl2N2O5. The van der Waals surface area contributed by atoms with Crippen molar-refractivity contribution in [2.75, 3.05) is 31.6 Å². The summed E-state index contributed by atoms with van der Waals surface area (Å²) in [6.45, 7) is 7.74. The summed E-state index contributed by atoms with van der Waals surface area (Å²) in [5.74, 6) is 0.0601. The Balaban J connectivity index is 2.03. The first kappa shape index (κ1) is 30.7. The van der Waals surface area contributed by atoms with Crippen LogP contribution in [0.25, 0.3) is 0 Å². The average Bonchev–Trinajstić information content (AvgIpc) is 2.86. The Hall–Kier alpha value is -2.48. The van der Waals surface area contributed by atoms with Gasteiger partial charge in [0.05, 0.1) is 17.3 Å². The Bertz CT molecular complexity index is 981. The Labute approximate surface area is 230 Å². The minimum atomic E-state index is -0.982. The third kappa shape index (κ3) is 10.8. The van der Waals surface area contributed by atoms with E-state index >= 15 is 0 Å². The van der Waals surface area contributed by atoms with Crippen LogP contribution < -0.4 is 10.1 Å². The number of carbonyl (C=O) groups is 2. The molecule has 0 aliphatic heterocycles. The number of ether oxygens (including phenoxy) is 2. The number of halogens is 2. The molecule has 0 spiro atoms. The van der Waals surface area contributed by atoms with E-state index in [0.717, 1.165) is 31.2 Å². The highest BCUT2D eigenvalue weighted by Gasteiger charge is 2.20. The molecule has 0 aromatic heterocycles. The molecule has 1 atom stereocenters. The molecule has 0 radical (unpaired) electrons. The Morgan fingerprint density at radius 3 is 2.27 bits per heavy atom. The van der Waals surface area contributed by atoms with Crippen LogP contribution in [0.2, 0.25) is 10.0 Å². The molecule has 0 saturated heterocycles. The van der Waals surface area contributed by atoms with Crippen LogP contribution in [0.5, 0.6) is 5.75 Å². The van der Waals surface area contributed by atoms with Crippen LogP contribution in [-0.4, -0.2) is 54.4 Å². The summed E-state index contributed by atoms with van der Waals surface area (Å²) >= 11 is 12.3. The summed E-state index contributed by atoms with van der Waals surface area (Å²) in [4.78, 5) is 26.3. The number of aliphatic carboxylic acids is 1. The molecule has 1 unspecified atom stereocenters. The van der Waals surface area contributed by atoms with Gasteiger partial charge in [0.25, 0.3) is 0 Å². The topological polar surface area (TPSA) is 88.1 Å². The largest absolute Gasteiger partial charge is 0.492 e. The van der Waals surface area contributed by atoms with E-state index in [2.05, 4.69) is 19.2 Å². The molecule has 0 aliphatic carbocycles. The van der Waals surface area contributed by atoms with Gasteiger partial charge in [0.15, 0.2) is 6.10 Å². The number of nitrogens with zero attached hydrogens (tertiary/aromatic N) is 1. The summed E-state index contributed by atoms with van der Waals surface area (Å²) in [7, 11) is 0. The number of urea groups is 1. The SMILES string of the molecule is CCCC(CCC)CN(CCOc1ccc(CC(OCC)C(=O)O)cc1)C(=O)Nc1ccc(Cl)cc1Cl. The molecule has 0 heterocycles. The first-order chi connectivity index (χ1) is 17.8. The number of carbonyl (C=O) groups excluding carboxylic acids is 1. The van der Waals surface area contributed by atoms with Crippen LogP contribution in [0.3, 0.4) is 0 Å². The second-order valence-corrected chi connectivity index (χ2v) is 9.77. The highest BCUT2D eigenvalue weighted by Crippen LogP contribution is 2.26. The van der Waals surface area contributed by atoms with Gasteiger partial charge in [-0.2, -0.15) is 0 Å². The van der Waals surface area contributed by atoms with Crippen LogP contribution in [0.15, 0.2) is 42.5 Å². The van der Waals surface area contributed by atoms with Gasteiger partial charge in [0.2, 0.25) is 0 Å². The number of anilines is 1. The molecule has 9 heteroatoms. The highest BCUT2D eigenvalue weighted by atomic mass is 35.5. The van der Waals surface area contributed by atoms with Gasteiger partial charge in [-0.25, -0.2) is 9.59 Å². The fraction of sp³-hybridized carbons (Fsp3) is 0.500. The van der Waals surface area contributed by atoms with Crippen molar-refractivity contribution in [1.82, 2.24) is 4.90 Å². The molecule has 7 nitrogen and oxygen atoms in total. The van der Waals surface area contributed by atoms with E-state index < -0.39 is 12.1 Å². The van der Waals surface area contributed by atoms with Crippen LogP contribution in [-0.2, 0) is 16.0 Å². The second-order valence-electron chi connectivity index (χ2n) is 8.92. The summed E-state index contributed by atoms with van der Waals surface area (Å²) in [5, 5.41) is 13.1. The van der Waals surface area contributed by atoms with Crippen molar-refractivity contribution in [3.05, 3.63) is 58.1 Å². The van der Waals surface area contributed by atoms with Crippen molar-refractivity contribution in [1.29, 1.82) is 0 Å². The van der Waals surface area contributed by atoms with Crippen molar-refractivity contribution >= 4 is 40.9 Å². The zero-order chi connectivity index (χ0) is 27.2. The predicted molar refractivity (Wildman–Crippen MR) is 149 cm³/mol. The lowest BCUT2D eigenvalue weighted by molar-refractivity contribution is -0.149. The zero-order valence-corrected chi connectivity index (χ0v) is 23.4. The third-order valence-corrected chi connectivity index (χ3v) is 6.50. The lowest BCUT2D eigenvalue weighted by Crippen LogP contribution is -2.41. The summed E-state index contributed by atoms with van der Waals surface area (Å²) < 4.78 is 11.2. The Morgan fingerprint density at radius 1 is 1.03 bits per heavy atom. The number of amides is 2. The molecule has 2 amide bonds. The summed E-state index contributed by atoms with van der Waals surface area (Å²) in [5.41, 5.74) is 1.35. The third-order valence-electron chi connectivity index (χ3n) is 5.95. The van der Waals surface area contributed by atoms with E-state index in [0.29, 0.717) is 53.7 Å². The van der Waals surface area contributed by atoms with Crippen molar-refractivity contribution in [2.24, 2.45) is 5.92 Å². The molecule has 2 aromatic rings. The maximum Gasteiger partial charge on any atom is 0.333 e. The van der Waals surface area contributed by atoms with Crippen molar-refractivity contribution < 1.29 is 24.2 Å². The van der Waals surface area contributed by atoms with Gasteiger partial charge in [0, 0.05) is 24.6 Å². The van der Waals surface area contributed by atoms with E-state index in [4.69, 9.17) is 32.7 Å². The molecule has 2 aromatic carbocycles. The van der Waals surface area contributed by atoms with E-state index in [1.165, 1.54) is 0 Å². The smallest absolute Gasteiger partial charge is 0.333 e. The van der Waals surface area contributed by atoms with Crippen LogP contribution in [0.1, 0.15) is 52.0 Å². The highest BCUT2D eigenvalue weighted by molar-refractivity contribution is 6.36. The van der Waals surface area contributed by atoms with Crippen molar-refractivity contribution in [3.8, 4) is 5.75 Å². The Kier molecular flexibility index (Phi) is 13.6. The van der Waals surface area contributed by atoms with Gasteiger partial charge in [-0.3, -0.25) is 0 Å². The lowest BCUT2D eigenvalue weighted by Gasteiger charge is -2.28. The molecule has 0 fully saturated rings. The minimum Gasteiger partial charge on any atom is -0.492 e. The van der Waals surface area contributed by atoms with E-state index in [9.17, 15) is 14.7 Å². The summed E-state index contributed by atoms with van der Waals surface area (Å²) in [6, 6.07) is 12.0. The fourth-order valence-electron chi connectivity index (χ4n) is 4.14. The van der Waals surface area contributed by atoms with Gasteiger partial charge in [-0.1, -0.05) is 62.0 Å². The van der Waals surface area contributed by atoms with E-state index in [1.54, 1.807) is 42.2 Å². The monoisotopic (exact) mass is 552 g/mol. The minimum absolute atomic E-state index is 0.240. The standard InChI is InChI=1S/C28H38Cl2N2O5/c1-4-7-21(8-5-2)19-32(28(35)31-25-14-11-22(29)18-24(25)30)15-16-37-23-12-9-20(10-13-23)17-26(27(33)34)36-6-3/h9-14,18,21,26H,4-8,15-17,19H2,1-3H3,(H,31,35)(H,33,34). The number of carboxylic acids is 1. The van der Waals surface area contributed by atoms with Gasteiger partial charge >= 0.3 is 12.0 Å². The second kappa shape index (κ2) is 16.4. The first-order valence-electron chi connectivity index (χ1n) is 12.8. The van der Waals surface area contributed by atoms with Crippen LogP contribution in [0.4, 0.5) is 10.5 Å². The predicted octanol–water partition coefficient (Wildman–Crippen LogP) is 7.15. The Morgan fingerprint density at radius 2 is 1.70 bits per heavy atom. The quantitative estimate of drug-likeness (QED) is 0.230. The number of hydrogen-bond donors (Lipinski definition) is 2. The number of rotatable bonds is 16. The zero-order valence-electron chi connectivity index (χ0n) is 21.8. The van der Waals surface area contributed by atoms with Gasteiger partial charge < -0.3 is 24.8 Å². The van der Waals surface area contributed by atoms with Crippen LogP contribution in [0, 0.1) is 5.92 Å². The fourth-order valence-corrected chi connectivity index (χ4v) is 4.60. The van der Waals surface area contributed by atoms with Crippen molar-refractivity contribution in [3.63, 3.8) is 0 Å². The van der Waals surface area contributed by atoms with E-state index in [1.807, 2.05) is 12.1 Å². The molecule has 0 bridgehead atoms. The summed E-state index contributed by atoms with van der Waals surface area (Å²) in [6.07, 6.45) is 3.59. The molecule has 2 N–H and O–H groups in total. The maximum absolute atomic E-state index is 13.2. The van der Waals surface area contributed by atoms with E-state index in [-0.39, 0.29) is 12.5 Å². The van der Waals surface area contributed by atoms with Gasteiger partial charge in [-0.05, 0) is 61.6 Å².